The van der Waals surface area contributed by atoms with Crippen molar-refractivity contribution < 1.29 is 9.59 Å². The van der Waals surface area contributed by atoms with E-state index in [0.29, 0.717) is 12.2 Å². The molecule has 0 unspecified atom stereocenters. The van der Waals surface area contributed by atoms with Gasteiger partial charge >= 0.3 is 0 Å². The molecule has 2 aromatic heterocycles. The molecule has 3 N–H and O–H groups in total. The number of nitrogens with one attached hydrogen (secondary N) is 3. The number of aromatic amines is 1. The molecule has 0 spiro atoms. The third kappa shape index (κ3) is 3.94. The Labute approximate surface area is 164 Å². The van der Waals surface area contributed by atoms with Gasteiger partial charge in [-0.05, 0) is 25.4 Å². The lowest BCUT2D eigenvalue weighted by atomic mass is 9.86. The number of aromatic nitrogens is 4. The highest BCUT2D eigenvalue weighted by molar-refractivity contribution is 5.97. The van der Waals surface area contributed by atoms with E-state index in [9.17, 15) is 9.59 Å². The van der Waals surface area contributed by atoms with Crippen LogP contribution in [0.1, 0.15) is 43.4 Å². The summed E-state index contributed by atoms with van der Waals surface area (Å²) in [6.45, 7) is 8.10. The fourth-order valence-electron chi connectivity index (χ4n) is 3.52. The van der Waals surface area contributed by atoms with Gasteiger partial charge in [0.05, 0.1) is 17.5 Å². The van der Waals surface area contributed by atoms with Gasteiger partial charge in [0.2, 0.25) is 5.91 Å². The highest BCUT2D eigenvalue weighted by Crippen LogP contribution is 2.26. The maximum atomic E-state index is 13.2. The first-order valence-electron chi connectivity index (χ1n) is 9.52. The Morgan fingerprint density at radius 2 is 2.04 bits per heavy atom. The summed E-state index contributed by atoms with van der Waals surface area (Å²) in [5.74, 6) is 0.159. The number of fused-ring (bicyclic) bond motifs is 1. The van der Waals surface area contributed by atoms with Crippen LogP contribution in [0.3, 0.4) is 0 Å². The van der Waals surface area contributed by atoms with E-state index in [4.69, 9.17) is 0 Å². The van der Waals surface area contributed by atoms with Crippen LogP contribution in [0.2, 0.25) is 0 Å². The molecule has 3 rings (SSSR count). The second-order valence-electron chi connectivity index (χ2n) is 8.35. The molecule has 3 heterocycles. The molecule has 0 aromatic carbocycles. The van der Waals surface area contributed by atoms with Crippen molar-refractivity contribution >= 4 is 11.8 Å². The van der Waals surface area contributed by atoms with Gasteiger partial charge in [-0.2, -0.15) is 5.10 Å². The van der Waals surface area contributed by atoms with Crippen LogP contribution in [-0.4, -0.2) is 63.1 Å². The molecule has 9 heteroatoms. The molecule has 0 saturated heterocycles. The number of amides is 2. The van der Waals surface area contributed by atoms with Crippen molar-refractivity contribution in [2.24, 2.45) is 5.41 Å². The lowest BCUT2D eigenvalue weighted by Crippen LogP contribution is -2.53. The molecule has 2 amide bonds. The maximum Gasteiger partial charge on any atom is 0.272 e. The molecule has 0 radical (unpaired) electrons. The molecule has 0 saturated carbocycles. The largest absolute Gasteiger partial charge is 0.357 e. The maximum absolute atomic E-state index is 13.2. The van der Waals surface area contributed by atoms with Crippen LogP contribution < -0.4 is 10.6 Å². The van der Waals surface area contributed by atoms with E-state index in [-0.39, 0.29) is 11.8 Å². The molecular formula is C19H29N7O2. The Bertz CT molecular complexity index is 849. The van der Waals surface area contributed by atoms with Crippen molar-refractivity contribution in [1.82, 2.24) is 35.3 Å². The standard InChI is InChI=1S/C19H29N7O2/c1-19(2,3)15(18(28)20-4)24-17(27)14-13-11-25(5)7-6-8-26(13)16(23-14)12-9-21-22-10-12/h9-10,15H,6-8,11H2,1-5H3,(H,20,28)(H,21,22)(H,24,27)/t15-/m1/s1. The van der Waals surface area contributed by atoms with Gasteiger partial charge in [-0.1, -0.05) is 20.8 Å². The van der Waals surface area contributed by atoms with Gasteiger partial charge in [0.25, 0.3) is 5.91 Å². The number of nitrogens with zero attached hydrogens (tertiary/aromatic N) is 4. The van der Waals surface area contributed by atoms with Crippen molar-refractivity contribution in [2.45, 2.75) is 46.3 Å². The zero-order chi connectivity index (χ0) is 20.5. The summed E-state index contributed by atoms with van der Waals surface area (Å²) in [6, 6.07) is -0.664. The average molecular weight is 387 g/mol. The lowest BCUT2D eigenvalue weighted by molar-refractivity contribution is -0.124. The van der Waals surface area contributed by atoms with Gasteiger partial charge in [-0.25, -0.2) is 4.98 Å². The predicted octanol–water partition coefficient (Wildman–Crippen LogP) is 0.999. The van der Waals surface area contributed by atoms with Crippen molar-refractivity contribution in [3.8, 4) is 11.4 Å². The Morgan fingerprint density at radius 1 is 1.29 bits per heavy atom. The monoisotopic (exact) mass is 387 g/mol. The fourth-order valence-corrected chi connectivity index (χ4v) is 3.52. The van der Waals surface area contributed by atoms with E-state index < -0.39 is 11.5 Å². The summed E-state index contributed by atoms with van der Waals surface area (Å²) in [6.07, 6.45) is 4.44. The van der Waals surface area contributed by atoms with Gasteiger partial charge in [-0.15, -0.1) is 0 Å². The number of hydrogen-bond donors (Lipinski definition) is 3. The zero-order valence-electron chi connectivity index (χ0n) is 17.2. The first kappa shape index (κ1) is 20.1. The highest BCUT2D eigenvalue weighted by atomic mass is 16.2. The first-order chi connectivity index (χ1) is 13.2. The SMILES string of the molecule is CNC(=O)[C@@H](NC(=O)c1nc(-c2cn[nH]c2)n2c1CN(C)CCC2)C(C)(C)C. The van der Waals surface area contributed by atoms with Gasteiger partial charge in [-0.3, -0.25) is 14.7 Å². The number of rotatable bonds is 4. The molecule has 152 valence electrons. The molecule has 0 fully saturated rings. The van der Waals surface area contributed by atoms with Crippen LogP contribution in [0.5, 0.6) is 0 Å². The van der Waals surface area contributed by atoms with Crippen molar-refractivity contribution in [3.63, 3.8) is 0 Å². The Balaban J connectivity index is 2.01. The minimum absolute atomic E-state index is 0.224. The van der Waals surface area contributed by atoms with E-state index >= 15 is 0 Å². The van der Waals surface area contributed by atoms with Gasteiger partial charge in [0, 0.05) is 26.3 Å². The summed E-state index contributed by atoms with van der Waals surface area (Å²) >= 11 is 0. The zero-order valence-corrected chi connectivity index (χ0v) is 17.2. The topological polar surface area (TPSA) is 108 Å². The summed E-state index contributed by atoms with van der Waals surface area (Å²) in [7, 11) is 3.60. The smallest absolute Gasteiger partial charge is 0.272 e. The molecular weight excluding hydrogens is 358 g/mol. The van der Waals surface area contributed by atoms with E-state index in [1.54, 1.807) is 19.4 Å². The van der Waals surface area contributed by atoms with Crippen LogP contribution in [0.15, 0.2) is 12.4 Å². The van der Waals surface area contributed by atoms with E-state index in [2.05, 4.69) is 35.3 Å². The van der Waals surface area contributed by atoms with Gasteiger partial charge in [0.1, 0.15) is 11.9 Å². The van der Waals surface area contributed by atoms with E-state index in [1.807, 2.05) is 27.8 Å². The van der Waals surface area contributed by atoms with Gasteiger partial charge < -0.3 is 20.1 Å². The summed E-state index contributed by atoms with van der Waals surface area (Å²) in [4.78, 5) is 32.4. The average Bonchev–Trinajstić information content (AvgIpc) is 3.22. The quantitative estimate of drug-likeness (QED) is 0.725. The molecule has 0 bridgehead atoms. The molecule has 2 aromatic rings. The fraction of sp³-hybridized carbons (Fsp3) is 0.579. The van der Waals surface area contributed by atoms with Crippen LogP contribution in [0.4, 0.5) is 0 Å². The molecule has 28 heavy (non-hydrogen) atoms. The minimum atomic E-state index is -0.664. The number of carbonyl (C=O) groups is 2. The number of H-pyrrole nitrogens is 1. The van der Waals surface area contributed by atoms with Crippen LogP contribution in [0.25, 0.3) is 11.4 Å². The molecule has 1 aliphatic rings. The number of likely N-dealkylation sites (N-methyl/N-ethyl adjacent to an activating group) is 1. The Hall–Kier alpha value is -2.68. The molecule has 1 aliphatic heterocycles. The van der Waals surface area contributed by atoms with Gasteiger partial charge in [0.15, 0.2) is 5.69 Å². The first-order valence-corrected chi connectivity index (χ1v) is 9.52. The summed E-state index contributed by atoms with van der Waals surface area (Å²) < 4.78 is 2.09. The van der Waals surface area contributed by atoms with Crippen molar-refractivity contribution in [1.29, 1.82) is 0 Å². The number of hydrogen-bond acceptors (Lipinski definition) is 5. The Kier molecular flexibility index (Phi) is 5.55. The van der Waals surface area contributed by atoms with Crippen molar-refractivity contribution in [2.75, 3.05) is 20.6 Å². The molecule has 1 atom stereocenters. The van der Waals surface area contributed by atoms with Crippen LogP contribution in [-0.2, 0) is 17.9 Å². The number of carbonyl (C=O) groups excluding carboxylic acids is 2. The summed E-state index contributed by atoms with van der Waals surface area (Å²) in [5.41, 5.74) is 1.63. The normalized spacial score (nSPS) is 16.2. The second-order valence-corrected chi connectivity index (χ2v) is 8.35. The predicted molar refractivity (Wildman–Crippen MR) is 106 cm³/mol. The van der Waals surface area contributed by atoms with E-state index in [0.717, 1.165) is 36.6 Å². The van der Waals surface area contributed by atoms with Crippen LogP contribution in [0, 0.1) is 5.41 Å². The minimum Gasteiger partial charge on any atom is -0.357 e. The third-order valence-electron chi connectivity index (χ3n) is 5.04. The lowest BCUT2D eigenvalue weighted by Gasteiger charge is -2.29. The van der Waals surface area contributed by atoms with Crippen molar-refractivity contribution in [3.05, 3.63) is 23.8 Å². The summed E-state index contributed by atoms with van der Waals surface area (Å²) in [5, 5.41) is 12.4. The highest BCUT2D eigenvalue weighted by Gasteiger charge is 2.34. The Morgan fingerprint density at radius 3 is 2.64 bits per heavy atom. The van der Waals surface area contributed by atoms with E-state index in [1.165, 1.54) is 0 Å². The number of imidazole rings is 1. The second kappa shape index (κ2) is 7.75. The third-order valence-corrected chi connectivity index (χ3v) is 5.04. The molecule has 0 aliphatic carbocycles. The molecule has 9 nitrogen and oxygen atoms in total. The van der Waals surface area contributed by atoms with Crippen LogP contribution >= 0.6 is 0 Å².